The van der Waals surface area contributed by atoms with Crippen molar-refractivity contribution in [1.82, 2.24) is 4.90 Å². The zero-order valence-corrected chi connectivity index (χ0v) is 12.4. The van der Waals surface area contributed by atoms with E-state index in [1.807, 2.05) is 30.3 Å². The minimum atomic E-state index is 0.845. The standard InChI is InChI=1S/C17H22N2O/c1-13-14(8-6-9-16(13)18)11-19(2)12-15-7-4-5-10-17(15)20-3/h4-10H,11-12,18H2,1-3H3. The van der Waals surface area contributed by atoms with Crippen LogP contribution in [0.2, 0.25) is 0 Å². The molecule has 2 aromatic carbocycles. The Kier molecular flexibility index (Phi) is 4.64. The van der Waals surface area contributed by atoms with Crippen LogP contribution >= 0.6 is 0 Å². The summed E-state index contributed by atoms with van der Waals surface area (Å²) in [6, 6.07) is 14.2. The maximum Gasteiger partial charge on any atom is 0.123 e. The Labute approximate surface area is 121 Å². The van der Waals surface area contributed by atoms with E-state index in [1.165, 1.54) is 16.7 Å². The summed E-state index contributed by atoms with van der Waals surface area (Å²) in [6.45, 7) is 3.79. The van der Waals surface area contributed by atoms with Crippen molar-refractivity contribution < 1.29 is 4.74 Å². The van der Waals surface area contributed by atoms with Gasteiger partial charge < -0.3 is 10.5 Å². The van der Waals surface area contributed by atoms with Crippen molar-refractivity contribution in [3.63, 3.8) is 0 Å². The van der Waals surface area contributed by atoms with E-state index in [1.54, 1.807) is 7.11 Å². The molecule has 20 heavy (non-hydrogen) atoms. The molecule has 0 heterocycles. The minimum Gasteiger partial charge on any atom is -0.496 e. The van der Waals surface area contributed by atoms with Gasteiger partial charge in [0.1, 0.15) is 5.75 Å². The minimum absolute atomic E-state index is 0.845. The molecule has 2 aromatic rings. The van der Waals surface area contributed by atoms with Crippen LogP contribution in [0.15, 0.2) is 42.5 Å². The zero-order valence-electron chi connectivity index (χ0n) is 12.4. The van der Waals surface area contributed by atoms with Crippen molar-refractivity contribution in [2.75, 3.05) is 19.9 Å². The molecular formula is C17H22N2O. The van der Waals surface area contributed by atoms with Gasteiger partial charge in [0.05, 0.1) is 7.11 Å². The zero-order chi connectivity index (χ0) is 14.5. The number of ether oxygens (including phenoxy) is 1. The molecule has 0 saturated heterocycles. The highest BCUT2D eigenvalue weighted by Crippen LogP contribution is 2.21. The molecule has 0 aliphatic carbocycles. The molecule has 0 bridgehead atoms. The van der Waals surface area contributed by atoms with Crippen LogP contribution in [0, 0.1) is 6.92 Å². The lowest BCUT2D eigenvalue weighted by Crippen LogP contribution is -2.18. The number of benzene rings is 2. The second kappa shape index (κ2) is 6.44. The van der Waals surface area contributed by atoms with E-state index in [-0.39, 0.29) is 0 Å². The number of anilines is 1. The number of hydrogen-bond acceptors (Lipinski definition) is 3. The number of nitrogens with two attached hydrogens (primary N) is 1. The van der Waals surface area contributed by atoms with Crippen LogP contribution in [-0.4, -0.2) is 19.1 Å². The summed E-state index contributed by atoms with van der Waals surface area (Å²) in [4.78, 5) is 2.26. The smallest absolute Gasteiger partial charge is 0.123 e. The van der Waals surface area contributed by atoms with Crippen LogP contribution in [0.25, 0.3) is 0 Å². The van der Waals surface area contributed by atoms with Gasteiger partial charge in [-0.3, -0.25) is 4.90 Å². The summed E-state index contributed by atoms with van der Waals surface area (Å²) in [7, 11) is 3.82. The third-order valence-electron chi connectivity index (χ3n) is 3.56. The van der Waals surface area contributed by atoms with Gasteiger partial charge in [0.2, 0.25) is 0 Å². The van der Waals surface area contributed by atoms with Gasteiger partial charge >= 0.3 is 0 Å². The van der Waals surface area contributed by atoms with Crippen LogP contribution < -0.4 is 10.5 Å². The maximum atomic E-state index is 5.96. The third kappa shape index (κ3) is 3.31. The van der Waals surface area contributed by atoms with Crippen molar-refractivity contribution in [2.24, 2.45) is 0 Å². The Morgan fingerprint density at radius 1 is 1.00 bits per heavy atom. The molecule has 0 aliphatic rings. The maximum absolute atomic E-state index is 5.96. The molecule has 0 spiro atoms. The summed E-state index contributed by atoms with van der Waals surface area (Å²) in [5.74, 6) is 0.934. The molecule has 0 aromatic heterocycles. The lowest BCUT2D eigenvalue weighted by molar-refractivity contribution is 0.309. The number of nitrogen functional groups attached to an aromatic ring is 1. The fourth-order valence-corrected chi connectivity index (χ4v) is 2.35. The highest BCUT2D eigenvalue weighted by atomic mass is 16.5. The van der Waals surface area contributed by atoms with Crippen molar-refractivity contribution in [3.8, 4) is 5.75 Å². The summed E-state index contributed by atoms with van der Waals surface area (Å²) < 4.78 is 5.39. The Bertz CT molecular complexity index is 581. The van der Waals surface area contributed by atoms with Crippen LogP contribution in [-0.2, 0) is 13.1 Å². The molecule has 2 rings (SSSR count). The van der Waals surface area contributed by atoms with E-state index in [4.69, 9.17) is 10.5 Å². The Morgan fingerprint density at radius 3 is 2.40 bits per heavy atom. The van der Waals surface area contributed by atoms with Crippen LogP contribution in [0.4, 0.5) is 5.69 Å². The van der Waals surface area contributed by atoms with E-state index in [9.17, 15) is 0 Å². The predicted molar refractivity (Wildman–Crippen MR) is 83.8 cm³/mol. The first-order chi connectivity index (χ1) is 9.61. The van der Waals surface area contributed by atoms with Gasteiger partial charge in [-0.1, -0.05) is 30.3 Å². The number of hydrogen-bond donors (Lipinski definition) is 1. The van der Waals surface area contributed by atoms with Gasteiger partial charge in [0.15, 0.2) is 0 Å². The molecule has 0 amide bonds. The highest BCUT2D eigenvalue weighted by Gasteiger charge is 2.08. The lowest BCUT2D eigenvalue weighted by atomic mass is 10.1. The topological polar surface area (TPSA) is 38.5 Å². The van der Waals surface area contributed by atoms with Crippen molar-refractivity contribution in [1.29, 1.82) is 0 Å². The number of rotatable bonds is 5. The van der Waals surface area contributed by atoms with Crippen molar-refractivity contribution in [3.05, 3.63) is 59.2 Å². The molecule has 0 radical (unpaired) electrons. The Morgan fingerprint density at radius 2 is 1.65 bits per heavy atom. The van der Waals surface area contributed by atoms with Crippen molar-refractivity contribution >= 4 is 5.69 Å². The second-order valence-corrected chi connectivity index (χ2v) is 5.12. The summed E-state index contributed by atoms with van der Waals surface area (Å²) in [6.07, 6.45) is 0. The molecule has 106 valence electrons. The highest BCUT2D eigenvalue weighted by molar-refractivity contribution is 5.49. The van der Waals surface area contributed by atoms with Crippen LogP contribution in [0.5, 0.6) is 5.75 Å². The summed E-state index contributed by atoms with van der Waals surface area (Å²) in [5.41, 5.74) is 10.4. The molecule has 0 aliphatic heterocycles. The Balaban J connectivity index is 2.09. The van der Waals surface area contributed by atoms with E-state index in [2.05, 4.69) is 31.0 Å². The molecule has 0 unspecified atom stereocenters. The van der Waals surface area contributed by atoms with Gasteiger partial charge in [-0.15, -0.1) is 0 Å². The van der Waals surface area contributed by atoms with Crippen molar-refractivity contribution in [2.45, 2.75) is 20.0 Å². The van der Waals surface area contributed by atoms with Crippen LogP contribution in [0.1, 0.15) is 16.7 Å². The molecule has 2 N–H and O–H groups in total. The normalized spacial score (nSPS) is 10.8. The second-order valence-electron chi connectivity index (χ2n) is 5.12. The predicted octanol–water partition coefficient (Wildman–Crippen LogP) is 3.22. The largest absolute Gasteiger partial charge is 0.496 e. The first-order valence-corrected chi connectivity index (χ1v) is 6.76. The fraction of sp³-hybridized carbons (Fsp3) is 0.294. The van der Waals surface area contributed by atoms with Gasteiger partial charge in [-0.05, 0) is 37.2 Å². The lowest BCUT2D eigenvalue weighted by Gasteiger charge is -2.20. The quantitative estimate of drug-likeness (QED) is 0.848. The SMILES string of the molecule is COc1ccccc1CN(C)Cc1cccc(N)c1C. The molecular weight excluding hydrogens is 248 g/mol. The van der Waals surface area contributed by atoms with Gasteiger partial charge in [0.25, 0.3) is 0 Å². The van der Waals surface area contributed by atoms with E-state index in [0.717, 1.165) is 24.5 Å². The average Bonchev–Trinajstić information content (AvgIpc) is 2.44. The molecule has 0 saturated carbocycles. The summed E-state index contributed by atoms with van der Waals surface area (Å²) in [5, 5.41) is 0. The first kappa shape index (κ1) is 14.4. The van der Waals surface area contributed by atoms with Gasteiger partial charge in [-0.2, -0.15) is 0 Å². The average molecular weight is 270 g/mol. The first-order valence-electron chi connectivity index (χ1n) is 6.76. The number of nitrogens with zero attached hydrogens (tertiary/aromatic N) is 1. The molecule has 0 atom stereocenters. The van der Waals surface area contributed by atoms with Gasteiger partial charge in [0, 0.05) is 24.3 Å². The number of methoxy groups -OCH3 is 1. The van der Waals surface area contributed by atoms with Crippen LogP contribution in [0.3, 0.4) is 0 Å². The monoisotopic (exact) mass is 270 g/mol. The summed E-state index contributed by atoms with van der Waals surface area (Å²) >= 11 is 0. The molecule has 3 nitrogen and oxygen atoms in total. The molecule has 3 heteroatoms. The Hall–Kier alpha value is -2.00. The number of para-hydroxylation sites is 1. The van der Waals surface area contributed by atoms with E-state index < -0.39 is 0 Å². The van der Waals surface area contributed by atoms with Gasteiger partial charge in [-0.25, -0.2) is 0 Å². The van der Waals surface area contributed by atoms with E-state index >= 15 is 0 Å². The van der Waals surface area contributed by atoms with E-state index in [0.29, 0.717) is 0 Å². The fourth-order valence-electron chi connectivity index (χ4n) is 2.35. The third-order valence-corrected chi connectivity index (χ3v) is 3.56. The molecule has 0 fully saturated rings.